The topological polar surface area (TPSA) is 120 Å². The Morgan fingerprint density at radius 3 is 2.33 bits per heavy atom. The van der Waals surface area contributed by atoms with E-state index in [1.54, 1.807) is 24.3 Å². The smallest absolute Gasteiger partial charge is 0.143 e. The fourth-order valence-corrected chi connectivity index (χ4v) is 2.83. The third kappa shape index (κ3) is 3.41. The predicted molar refractivity (Wildman–Crippen MR) is 91.0 cm³/mol. The molecule has 24 heavy (non-hydrogen) atoms. The van der Waals surface area contributed by atoms with Gasteiger partial charge in [-0.15, -0.1) is 0 Å². The maximum absolute atomic E-state index is 9.55. The second-order valence-corrected chi connectivity index (χ2v) is 5.52. The van der Waals surface area contributed by atoms with Gasteiger partial charge in [-0.1, -0.05) is 23.9 Å². The van der Waals surface area contributed by atoms with E-state index in [0.717, 1.165) is 11.8 Å². The molecule has 6 nitrogen and oxygen atoms in total. The summed E-state index contributed by atoms with van der Waals surface area (Å²) in [7, 11) is 0. The number of hydrogen-bond acceptors (Lipinski definition) is 7. The summed E-state index contributed by atoms with van der Waals surface area (Å²) in [6.07, 6.45) is 0. The summed E-state index contributed by atoms with van der Waals surface area (Å²) in [4.78, 5) is 4.11. The number of hydrogen-bond donors (Lipinski definition) is 1. The number of benzene rings is 1. The van der Waals surface area contributed by atoms with Gasteiger partial charge in [-0.25, -0.2) is 4.98 Å². The van der Waals surface area contributed by atoms with Crippen molar-refractivity contribution in [3.8, 4) is 35.1 Å². The van der Waals surface area contributed by atoms with Crippen molar-refractivity contribution in [3.63, 3.8) is 0 Å². The highest BCUT2D eigenvalue weighted by molar-refractivity contribution is 7.99. The normalized spacial score (nSPS) is 9.58. The quantitative estimate of drug-likeness (QED) is 0.833. The van der Waals surface area contributed by atoms with Gasteiger partial charge in [-0.2, -0.15) is 15.8 Å². The van der Waals surface area contributed by atoms with Crippen molar-refractivity contribution in [1.82, 2.24) is 4.98 Å². The van der Waals surface area contributed by atoms with Crippen molar-refractivity contribution < 1.29 is 4.74 Å². The molecule has 2 N–H and O–H groups in total. The molecule has 118 valence electrons. The van der Waals surface area contributed by atoms with E-state index in [2.05, 4.69) is 11.1 Å². The van der Waals surface area contributed by atoms with Crippen molar-refractivity contribution in [2.75, 3.05) is 18.1 Å². The molecule has 2 aromatic rings. The second-order valence-electron chi connectivity index (χ2n) is 4.55. The van der Waals surface area contributed by atoms with Crippen LogP contribution < -0.4 is 10.5 Å². The van der Waals surface area contributed by atoms with Crippen LogP contribution in [-0.4, -0.2) is 17.3 Å². The summed E-state index contributed by atoms with van der Waals surface area (Å²) in [5.74, 6) is 0.871. The first-order chi connectivity index (χ1) is 11.7. The van der Waals surface area contributed by atoms with Gasteiger partial charge in [-0.05, 0) is 24.6 Å². The largest absolute Gasteiger partial charge is 0.494 e. The maximum Gasteiger partial charge on any atom is 0.143 e. The second kappa shape index (κ2) is 7.87. The van der Waals surface area contributed by atoms with Gasteiger partial charge in [0.15, 0.2) is 0 Å². The van der Waals surface area contributed by atoms with Crippen LogP contribution in [0.15, 0.2) is 29.3 Å². The summed E-state index contributed by atoms with van der Waals surface area (Å²) < 4.78 is 5.40. The SMILES string of the molecule is CCOc1ccc(-c2c(C#N)c(N)nc(SCC#N)c2C#N)cc1. The molecule has 0 bridgehead atoms. The third-order valence-electron chi connectivity index (χ3n) is 3.14. The van der Waals surface area contributed by atoms with Crippen molar-refractivity contribution >= 4 is 17.6 Å². The van der Waals surface area contributed by atoms with Crippen LogP contribution in [0.1, 0.15) is 18.1 Å². The summed E-state index contributed by atoms with van der Waals surface area (Å²) in [5, 5.41) is 28.1. The Hall–Kier alpha value is -3.21. The third-order valence-corrected chi connectivity index (χ3v) is 3.99. The first kappa shape index (κ1) is 17.1. The maximum atomic E-state index is 9.55. The van der Waals surface area contributed by atoms with Crippen molar-refractivity contribution in [2.45, 2.75) is 11.9 Å². The summed E-state index contributed by atoms with van der Waals surface area (Å²) in [6, 6.07) is 13.1. The zero-order valence-corrected chi connectivity index (χ0v) is 13.7. The Bertz CT molecular complexity index is 872. The van der Waals surface area contributed by atoms with E-state index in [1.165, 1.54) is 0 Å². The lowest BCUT2D eigenvalue weighted by Crippen LogP contribution is -2.03. The number of anilines is 1. The lowest BCUT2D eigenvalue weighted by atomic mass is 9.97. The minimum absolute atomic E-state index is 0.0424. The highest BCUT2D eigenvalue weighted by atomic mass is 32.2. The van der Waals surface area contributed by atoms with Gasteiger partial charge in [0.05, 0.1) is 24.0 Å². The van der Waals surface area contributed by atoms with Crippen LogP contribution in [0, 0.1) is 34.0 Å². The highest BCUT2D eigenvalue weighted by Gasteiger charge is 2.20. The minimum Gasteiger partial charge on any atom is -0.494 e. The molecule has 0 aliphatic heterocycles. The molecule has 0 unspecified atom stereocenters. The molecule has 0 aliphatic carbocycles. The van der Waals surface area contributed by atoms with Crippen LogP contribution in [0.5, 0.6) is 5.75 Å². The van der Waals surface area contributed by atoms with E-state index >= 15 is 0 Å². The number of nitrogens with two attached hydrogens (primary N) is 1. The van der Waals surface area contributed by atoms with Gasteiger partial charge in [0.2, 0.25) is 0 Å². The molecular formula is C17H13N5OS. The molecule has 0 saturated heterocycles. The number of aromatic nitrogens is 1. The molecule has 7 heteroatoms. The molecular weight excluding hydrogens is 322 g/mol. The fraction of sp³-hybridized carbons (Fsp3) is 0.176. The molecule has 1 aromatic carbocycles. The van der Waals surface area contributed by atoms with Gasteiger partial charge in [0, 0.05) is 5.56 Å². The van der Waals surface area contributed by atoms with E-state index in [4.69, 9.17) is 15.7 Å². The Labute approximate surface area is 144 Å². The number of nitrogens with zero attached hydrogens (tertiary/aromatic N) is 4. The lowest BCUT2D eigenvalue weighted by Gasteiger charge is -2.12. The Kier molecular flexibility index (Phi) is 5.63. The number of nitriles is 3. The zero-order valence-electron chi connectivity index (χ0n) is 12.9. The van der Waals surface area contributed by atoms with Gasteiger partial charge >= 0.3 is 0 Å². The lowest BCUT2D eigenvalue weighted by molar-refractivity contribution is 0.340. The molecule has 0 spiro atoms. The minimum atomic E-state index is 0.0424. The van der Waals surface area contributed by atoms with Gasteiger partial charge in [0.25, 0.3) is 0 Å². The first-order valence-electron chi connectivity index (χ1n) is 7.02. The number of nitrogen functional groups attached to an aromatic ring is 1. The van der Waals surface area contributed by atoms with Crippen LogP contribution in [0.25, 0.3) is 11.1 Å². The van der Waals surface area contributed by atoms with Crippen molar-refractivity contribution in [3.05, 3.63) is 35.4 Å². The average Bonchev–Trinajstić information content (AvgIpc) is 2.60. The Morgan fingerprint density at radius 1 is 1.12 bits per heavy atom. The Morgan fingerprint density at radius 2 is 1.79 bits per heavy atom. The van der Waals surface area contributed by atoms with E-state index in [-0.39, 0.29) is 22.7 Å². The van der Waals surface area contributed by atoms with Crippen LogP contribution in [-0.2, 0) is 0 Å². The van der Waals surface area contributed by atoms with E-state index in [1.807, 2.05) is 19.1 Å². The molecule has 1 aromatic heterocycles. The predicted octanol–water partition coefficient (Wildman–Crippen LogP) is 3.09. The molecule has 0 radical (unpaired) electrons. The fourth-order valence-electron chi connectivity index (χ4n) is 2.18. The standard InChI is InChI=1S/C17H13N5OS/c1-2-23-12-5-3-11(4-6-12)15-13(9-19)16(21)22-17(14(15)10-20)24-8-7-18/h3-6H,2,8H2,1H3,(H2,21,22). The first-order valence-corrected chi connectivity index (χ1v) is 8.01. The van der Waals surface area contributed by atoms with Crippen molar-refractivity contribution in [2.24, 2.45) is 0 Å². The summed E-state index contributed by atoms with van der Waals surface area (Å²) in [6.45, 7) is 2.43. The summed E-state index contributed by atoms with van der Waals surface area (Å²) in [5.41, 5.74) is 7.36. The molecule has 0 aliphatic rings. The molecule has 0 atom stereocenters. The number of rotatable bonds is 5. The average molecular weight is 335 g/mol. The van der Waals surface area contributed by atoms with Crippen LogP contribution in [0.4, 0.5) is 5.82 Å². The van der Waals surface area contributed by atoms with Crippen molar-refractivity contribution in [1.29, 1.82) is 15.8 Å². The van der Waals surface area contributed by atoms with Gasteiger partial charge in [-0.3, -0.25) is 0 Å². The monoisotopic (exact) mass is 335 g/mol. The highest BCUT2D eigenvalue weighted by Crippen LogP contribution is 2.36. The molecule has 0 fully saturated rings. The van der Waals surface area contributed by atoms with Crippen LogP contribution in [0.3, 0.4) is 0 Å². The Balaban J connectivity index is 2.66. The van der Waals surface area contributed by atoms with Gasteiger partial charge in [0.1, 0.15) is 34.3 Å². The molecule has 2 rings (SSSR count). The van der Waals surface area contributed by atoms with E-state index < -0.39 is 0 Å². The van der Waals surface area contributed by atoms with Crippen LogP contribution >= 0.6 is 11.8 Å². The number of ether oxygens (including phenoxy) is 1. The number of thioether (sulfide) groups is 1. The summed E-state index contributed by atoms with van der Waals surface area (Å²) >= 11 is 1.12. The van der Waals surface area contributed by atoms with E-state index in [0.29, 0.717) is 28.5 Å². The molecule has 1 heterocycles. The van der Waals surface area contributed by atoms with E-state index in [9.17, 15) is 10.5 Å². The molecule has 0 saturated carbocycles. The number of pyridine rings is 1. The van der Waals surface area contributed by atoms with Crippen LogP contribution in [0.2, 0.25) is 0 Å². The molecule has 0 amide bonds. The van der Waals surface area contributed by atoms with Gasteiger partial charge < -0.3 is 10.5 Å². The zero-order chi connectivity index (χ0) is 17.5.